The topological polar surface area (TPSA) is 83.0 Å². The number of anilines is 1. The van der Waals surface area contributed by atoms with Crippen LogP contribution in [0.15, 0.2) is 60.8 Å². The number of fused-ring (bicyclic) bond motifs is 1. The highest BCUT2D eigenvalue weighted by Crippen LogP contribution is 2.53. The lowest BCUT2D eigenvalue weighted by Crippen LogP contribution is -2.44. The second-order valence-electron chi connectivity index (χ2n) is 8.48. The first-order chi connectivity index (χ1) is 15.0. The van der Waals surface area contributed by atoms with Crippen molar-refractivity contribution in [3.05, 3.63) is 72.1 Å². The van der Waals surface area contributed by atoms with E-state index in [0.717, 1.165) is 16.9 Å². The molecule has 5 rings (SSSR count). The summed E-state index contributed by atoms with van der Waals surface area (Å²) >= 11 is 0. The number of aromatic nitrogens is 1. The van der Waals surface area contributed by atoms with Gasteiger partial charge in [-0.05, 0) is 36.2 Å². The minimum absolute atomic E-state index is 0.0775. The van der Waals surface area contributed by atoms with Gasteiger partial charge >= 0.3 is 0 Å². The number of hydrogen-bond acceptors (Lipinski definition) is 5. The summed E-state index contributed by atoms with van der Waals surface area (Å²) in [4.78, 5) is 34.5. The number of aliphatic hydroxyl groups excluding tert-OH is 1. The third-order valence-corrected chi connectivity index (χ3v) is 6.54. The zero-order valence-electron chi connectivity index (χ0n) is 17.3. The van der Waals surface area contributed by atoms with Gasteiger partial charge in [0.25, 0.3) is 0 Å². The minimum atomic E-state index is -0.752. The molecule has 3 aliphatic rings. The van der Waals surface area contributed by atoms with Gasteiger partial charge in [0, 0.05) is 25.5 Å². The van der Waals surface area contributed by atoms with Crippen LogP contribution in [0.5, 0.6) is 0 Å². The molecule has 0 saturated carbocycles. The van der Waals surface area contributed by atoms with Crippen molar-refractivity contribution in [3.63, 3.8) is 0 Å². The highest BCUT2D eigenvalue weighted by Gasteiger charge is 2.67. The Kier molecular flexibility index (Phi) is 4.87. The second-order valence-corrected chi connectivity index (χ2v) is 8.48. The lowest BCUT2D eigenvalue weighted by atomic mass is 9.76. The molecule has 2 bridgehead atoms. The summed E-state index contributed by atoms with van der Waals surface area (Å²) in [5.74, 6) is -1.24. The van der Waals surface area contributed by atoms with E-state index >= 15 is 0 Å². The molecule has 160 valence electrons. The van der Waals surface area contributed by atoms with Gasteiger partial charge in [0.1, 0.15) is 5.60 Å². The lowest BCUT2D eigenvalue weighted by Gasteiger charge is -2.27. The fourth-order valence-electron chi connectivity index (χ4n) is 5.04. The van der Waals surface area contributed by atoms with Crippen LogP contribution in [0.25, 0.3) is 0 Å². The van der Waals surface area contributed by atoms with Gasteiger partial charge in [0.05, 0.1) is 36.7 Å². The molecule has 7 nitrogen and oxygen atoms in total. The number of ether oxygens (including phenoxy) is 1. The Balaban J connectivity index is 1.38. The molecule has 2 aromatic rings. The van der Waals surface area contributed by atoms with Crippen molar-refractivity contribution < 1.29 is 19.4 Å². The molecule has 1 aromatic carbocycles. The van der Waals surface area contributed by atoms with Gasteiger partial charge in [-0.15, -0.1) is 0 Å². The zero-order valence-corrected chi connectivity index (χ0v) is 17.3. The van der Waals surface area contributed by atoms with Crippen LogP contribution < -0.4 is 4.90 Å². The Morgan fingerprint density at radius 1 is 1.29 bits per heavy atom. The highest BCUT2D eigenvalue weighted by molar-refractivity contribution is 6.03. The molecule has 7 heteroatoms. The zero-order chi connectivity index (χ0) is 21.6. The Bertz CT molecular complexity index is 1020. The summed E-state index contributed by atoms with van der Waals surface area (Å²) in [6.45, 7) is 0.871. The summed E-state index contributed by atoms with van der Waals surface area (Å²) in [6.07, 6.45) is 5.79. The van der Waals surface area contributed by atoms with E-state index in [2.05, 4.69) is 4.98 Å². The fourth-order valence-corrected chi connectivity index (χ4v) is 5.04. The molecule has 0 radical (unpaired) electrons. The summed E-state index contributed by atoms with van der Waals surface area (Å²) in [6, 6.07) is 13.2. The van der Waals surface area contributed by atoms with Crippen molar-refractivity contribution in [1.82, 2.24) is 9.88 Å². The number of amides is 2. The first-order valence-corrected chi connectivity index (χ1v) is 10.6. The Morgan fingerprint density at radius 3 is 2.81 bits per heavy atom. The van der Waals surface area contributed by atoms with Crippen LogP contribution in [0.3, 0.4) is 0 Å². The Morgan fingerprint density at radius 2 is 2.10 bits per heavy atom. The van der Waals surface area contributed by atoms with E-state index in [0.29, 0.717) is 19.5 Å². The largest absolute Gasteiger partial charge is 0.396 e. The van der Waals surface area contributed by atoms with Gasteiger partial charge in [0.2, 0.25) is 11.8 Å². The number of hydrogen-bond donors (Lipinski definition) is 1. The average Bonchev–Trinajstić information content (AvgIpc) is 3.43. The molecule has 1 spiro atoms. The predicted octanol–water partition coefficient (Wildman–Crippen LogP) is 1.56. The molecule has 0 unspecified atom stereocenters. The SMILES string of the molecule is CN(Cc1ccccn1)C(=O)[C@H]1[C@@H]2C=C[C@@]3(CN(c4ccc(CCO)cc4)C(=O)[C@H]13)O2. The van der Waals surface area contributed by atoms with Crippen LogP contribution >= 0.6 is 0 Å². The third-order valence-electron chi connectivity index (χ3n) is 6.54. The quantitative estimate of drug-likeness (QED) is 0.719. The first kappa shape index (κ1) is 19.9. The maximum absolute atomic E-state index is 13.5. The van der Waals surface area contributed by atoms with Gasteiger partial charge in [-0.1, -0.05) is 30.4 Å². The number of nitrogens with zero attached hydrogens (tertiary/aromatic N) is 3. The average molecular weight is 419 g/mol. The maximum atomic E-state index is 13.5. The van der Waals surface area contributed by atoms with Gasteiger partial charge in [-0.25, -0.2) is 0 Å². The van der Waals surface area contributed by atoms with E-state index in [4.69, 9.17) is 9.84 Å². The molecular formula is C24H25N3O4. The van der Waals surface area contributed by atoms with Gasteiger partial charge < -0.3 is 19.6 Å². The van der Waals surface area contributed by atoms with Crippen molar-refractivity contribution in [2.24, 2.45) is 11.8 Å². The number of benzene rings is 1. The third kappa shape index (κ3) is 3.25. The van der Waals surface area contributed by atoms with Crippen LogP contribution in [0.1, 0.15) is 11.3 Å². The summed E-state index contributed by atoms with van der Waals surface area (Å²) < 4.78 is 6.23. The van der Waals surface area contributed by atoms with Crippen molar-refractivity contribution in [2.75, 3.05) is 25.1 Å². The smallest absolute Gasteiger partial charge is 0.234 e. The Hall–Kier alpha value is -3.03. The molecule has 2 fully saturated rings. The van der Waals surface area contributed by atoms with Crippen molar-refractivity contribution >= 4 is 17.5 Å². The summed E-state index contributed by atoms with van der Waals surface area (Å²) in [7, 11) is 1.75. The van der Waals surface area contributed by atoms with Crippen LogP contribution in [-0.4, -0.2) is 58.7 Å². The summed E-state index contributed by atoms with van der Waals surface area (Å²) in [5, 5.41) is 9.11. The van der Waals surface area contributed by atoms with E-state index in [9.17, 15) is 9.59 Å². The Labute approximate surface area is 180 Å². The molecule has 4 atom stereocenters. The van der Waals surface area contributed by atoms with E-state index in [1.807, 2.05) is 54.6 Å². The van der Waals surface area contributed by atoms with E-state index in [1.165, 1.54) is 0 Å². The first-order valence-electron chi connectivity index (χ1n) is 10.6. The number of aliphatic hydroxyl groups is 1. The molecule has 2 saturated heterocycles. The van der Waals surface area contributed by atoms with Crippen molar-refractivity contribution in [1.29, 1.82) is 0 Å². The van der Waals surface area contributed by atoms with Gasteiger partial charge in [-0.2, -0.15) is 0 Å². The number of rotatable bonds is 6. The van der Waals surface area contributed by atoms with E-state index in [1.54, 1.807) is 23.0 Å². The lowest BCUT2D eigenvalue weighted by molar-refractivity contribution is -0.139. The standard InChI is InChI=1S/C24H25N3O4/c1-26(14-17-4-2-3-12-25-17)22(29)20-19-9-11-24(31-19)15-27(23(30)21(20)24)18-7-5-16(6-8-18)10-13-28/h2-9,11-12,19-21,28H,10,13-15H2,1H3/t19-,20-,21-,24-/m0/s1. The van der Waals surface area contributed by atoms with Crippen LogP contribution in [0.2, 0.25) is 0 Å². The summed E-state index contributed by atoms with van der Waals surface area (Å²) in [5.41, 5.74) is 1.84. The molecule has 0 aliphatic carbocycles. The maximum Gasteiger partial charge on any atom is 0.234 e. The van der Waals surface area contributed by atoms with Gasteiger partial charge in [-0.3, -0.25) is 14.6 Å². The molecule has 1 N–H and O–H groups in total. The molecule has 3 aliphatic heterocycles. The molecule has 31 heavy (non-hydrogen) atoms. The number of pyridine rings is 1. The number of carbonyl (C=O) groups excluding carboxylic acids is 2. The molecular weight excluding hydrogens is 394 g/mol. The molecule has 4 heterocycles. The minimum Gasteiger partial charge on any atom is -0.396 e. The normalized spacial score (nSPS) is 28.3. The monoisotopic (exact) mass is 419 g/mol. The molecule has 2 amide bonds. The van der Waals surface area contributed by atoms with Crippen molar-refractivity contribution in [3.8, 4) is 0 Å². The second kappa shape index (κ2) is 7.59. The fraction of sp³-hybridized carbons (Fsp3) is 0.375. The predicted molar refractivity (Wildman–Crippen MR) is 114 cm³/mol. The van der Waals surface area contributed by atoms with Crippen LogP contribution in [0, 0.1) is 11.8 Å². The van der Waals surface area contributed by atoms with E-state index < -0.39 is 17.4 Å². The van der Waals surface area contributed by atoms with Crippen molar-refractivity contribution in [2.45, 2.75) is 24.7 Å². The molecule has 1 aromatic heterocycles. The van der Waals surface area contributed by atoms with Gasteiger partial charge in [0.15, 0.2) is 0 Å². The number of carbonyl (C=O) groups is 2. The van der Waals surface area contributed by atoms with E-state index in [-0.39, 0.29) is 24.5 Å². The van der Waals surface area contributed by atoms with Crippen LogP contribution in [-0.2, 0) is 27.3 Å². The highest BCUT2D eigenvalue weighted by atomic mass is 16.5. The van der Waals surface area contributed by atoms with Crippen LogP contribution in [0.4, 0.5) is 5.69 Å².